The Morgan fingerprint density at radius 1 is 1.52 bits per heavy atom. The van der Waals surface area contributed by atoms with E-state index >= 15 is 0 Å². The number of amides is 1. The number of ether oxygens (including phenoxy) is 1. The molecule has 1 amide bonds. The van der Waals surface area contributed by atoms with Crippen LogP contribution in [0.4, 0.5) is 13.2 Å². The van der Waals surface area contributed by atoms with E-state index in [4.69, 9.17) is 4.74 Å². The molecule has 2 rings (SSSR count). The number of hydrogen-bond donors (Lipinski definition) is 0. The summed E-state index contributed by atoms with van der Waals surface area (Å²) in [4.78, 5) is 18.1. The number of alkyl halides is 3. The molecule has 0 saturated carbocycles. The summed E-state index contributed by atoms with van der Waals surface area (Å²) >= 11 is 0.580. The molecule has 128 valence electrons. The van der Waals surface area contributed by atoms with E-state index in [2.05, 4.69) is 4.98 Å². The topological polar surface area (TPSA) is 42.4 Å². The van der Waals surface area contributed by atoms with Gasteiger partial charge in [-0.2, -0.15) is 13.2 Å². The summed E-state index contributed by atoms with van der Waals surface area (Å²) in [7, 11) is 0. The number of pyridine rings is 1. The zero-order chi connectivity index (χ0) is 16.9. The molecule has 1 aromatic heterocycles. The Bertz CT molecular complexity index is 534. The van der Waals surface area contributed by atoms with Gasteiger partial charge in [-0.05, 0) is 31.9 Å². The Morgan fingerprint density at radius 2 is 2.30 bits per heavy atom. The lowest BCUT2D eigenvalue weighted by atomic mass is 10.2. The monoisotopic (exact) mass is 348 g/mol. The highest BCUT2D eigenvalue weighted by Gasteiger charge is 2.28. The lowest BCUT2D eigenvalue weighted by Crippen LogP contribution is -2.37. The van der Waals surface area contributed by atoms with Crippen LogP contribution >= 0.6 is 11.8 Å². The second-order valence-electron chi connectivity index (χ2n) is 5.27. The predicted octanol–water partition coefficient (Wildman–Crippen LogP) is 3.38. The van der Waals surface area contributed by atoms with Crippen LogP contribution in [0.3, 0.4) is 0 Å². The van der Waals surface area contributed by atoms with Crippen LogP contribution in [-0.4, -0.2) is 53.5 Å². The van der Waals surface area contributed by atoms with Gasteiger partial charge in [0.25, 0.3) is 5.91 Å². The van der Waals surface area contributed by atoms with Gasteiger partial charge in [-0.25, -0.2) is 4.98 Å². The first-order valence-corrected chi connectivity index (χ1v) is 8.44. The van der Waals surface area contributed by atoms with Gasteiger partial charge < -0.3 is 9.64 Å². The van der Waals surface area contributed by atoms with Crippen molar-refractivity contribution < 1.29 is 22.7 Å². The van der Waals surface area contributed by atoms with Crippen LogP contribution in [0.1, 0.15) is 30.1 Å². The van der Waals surface area contributed by atoms with Crippen molar-refractivity contribution in [3.05, 3.63) is 23.9 Å². The summed E-state index contributed by atoms with van der Waals surface area (Å²) in [6.45, 7) is 3.60. The molecule has 1 fully saturated rings. The first-order valence-electron chi connectivity index (χ1n) is 7.45. The number of rotatable bonds is 6. The van der Waals surface area contributed by atoms with E-state index < -0.39 is 11.9 Å². The van der Waals surface area contributed by atoms with Gasteiger partial charge in [-0.3, -0.25) is 4.79 Å². The smallest absolute Gasteiger partial charge is 0.376 e. The van der Waals surface area contributed by atoms with Gasteiger partial charge in [-0.15, -0.1) is 0 Å². The molecule has 1 atom stereocenters. The molecule has 2 heterocycles. The van der Waals surface area contributed by atoms with Crippen molar-refractivity contribution in [2.45, 2.75) is 37.1 Å². The van der Waals surface area contributed by atoms with Gasteiger partial charge in [0.2, 0.25) is 0 Å². The van der Waals surface area contributed by atoms with Crippen LogP contribution in [0.5, 0.6) is 0 Å². The van der Waals surface area contributed by atoms with E-state index in [0.29, 0.717) is 37.0 Å². The molecule has 4 nitrogen and oxygen atoms in total. The summed E-state index contributed by atoms with van der Waals surface area (Å²) in [6.07, 6.45) is -0.940. The molecule has 1 aliphatic rings. The maximum atomic E-state index is 12.5. The zero-order valence-corrected chi connectivity index (χ0v) is 13.6. The van der Waals surface area contributed by atoms with Crippen LogP contribution < -0.4 is 0 Å². The number of halogens is 3. The third-order valence-corrected chi connectivity index (χ3v) is 4.47. The Morgan fingerprint density at radius 3 is 2.91 bits per heavy atom. The first kappa shape index (κ1) is 18.1. The van der Waals surface area contributed by atoms with Crippen LogP contribution in [0, 0.1) is 0 Å². The van der Waals surface area contributed by atoms with E-state index in [1.165, 1.54) is 18.3 Å². The van der Waals surface area contributed by atoms with Crippen LogP contribution in [0.25, 0.3) is 0 Å². The second kappa shape index (κ2) is 8.01. The van der Waals surface area contributed by atoms with Crippen molar-refractivity contribution in [2.24, 2.45) is 0 Å². The average Bonchev–Trinajstić information content (AvgIpc) is 3.02. The van der Waals surface area contributed by atoms with Crippen LogP contribution in [-0.2, 0) is 4.74 Å². The molecule has 0 radical (unpaired) electrons. The second-order valence-corrected chi connectivity index (χ2v) is 6.26. The Balaban J connectivity index is 2.02. The summed E-state index contributed by atoms with van der Waals surface area (Å²) in [5.74, 6) is -1.23. The average molecular weight is 348 g/mol. The minimum atomic E-state index is -4.26. The lowest BCUT2D eigenvalue weighted by molar-refractivity contribution is -0.105. The molecule has 0 bridgehead atoms. The van der Waals surface area contributed by atoms with Crippen molar-refractivity contribution in [1.82, 2.24) is 9.88 Å². The number of likely N-dealkylation sites (N-methyl/N-ethyl adjacent to an activating group) is 1. The van der Waals surface area contributed by atoms with Crippen LogP contribution in [0.15, 0.2) is 23.4 Å². The van der Waals surface area contributed by atoms with Crippen LogP contribution in [0.2, 0.25) is 0 Å². The standard InChI is InChI=1S/C15H19F3N2O2S/c1-2-20(9-12-4-3-7-22-12)14(21)11-5-6-19-13(8-11)23-10-15(16,17)18/h5-6,8,12H,2-4,7,9-10H2,1H3/t12-/m0/s1. The van der Waals surface area contributed by atoms with E-state index in [1.807, 2.05) is 6.92 Å². The van der Waals surface area contributed by atoms with Crippen molar-refractivity contribution in [2.75, 3.05) is 25.4 Å². The fourth-order valence-electron chi connectivity index (χ4n) is 2.35. The van der Waals surface area contributed by atoms with E-state index in [1.54, 1.807) is 4.90 Å². The predicted molar refractivity (Wildman–Crippen MR) is 81.6 cm³/mol. The third kappa shape index (κ3) is 5.69. The molecule has 23 heavy (non-hydrogen) atoms. The summed E-state index contributed by atoms with van der Waals surface area (Å²) in [5.41, 5.74) is 0.351. The molecular formula is C15H19F3N2O2S. The number of carbonyl (C=O) groups excluding carboxylic acids is 1. The SMILES string of the molecule is CCN(C[C@@H]1CCCO1)C(=O)c1ccnc(SCC(F)(F)F)c1. The Kier molecular flexibility index (Phi) is 6.29. The highest BCUT2D eigenvalue weighted by Crippen LogP contribution is 2.26. The largest absolute Gasteiger partial charge is 0.398 e. The molecule has 1 aromatic rings. The maximum absolute atomic E-state index is 12.5. The molecule has 0 aliphatic carbocycles. The van der Waals surface area contributed by atoms with Crippen molar-refractivity contribution >= 4 is 17.7 Å². The third-order valence-electron chi connectivity index (χ3n) is 3.48. The number of nitrogens with zero attached hydrogens (tertiary/aromatic N) is 2. The molecule has 8 heteroatoms. The highest BCUT2D eigenvalue weighted by atomic mass is 32.2. The molecule has 0 spiro atoms. The Hall–Kier alpha value is -1.28. The van der Waals surface area contributed by atoms with Crippen molar-refractivity contribution in [3.8, 4) is 0 Å². The molecule has 0 aromatic carbocycles. The van der Waals surface area contributed by atoms with E-state index in [0.717, 1.165) is 12.8 Å². The minimum Gasteiger partial charge on any atom is -0.376 e. The quantitative estimate of drug-likeness (QED) is 0.739. The van der Waals surface area contributed by atoms with Gasteiger partial charge in [0.1, 0.15) is 0 Å². The van der Waals surface area contributed by atoms with Crippen molar-refractivity contribution in [1.29, 1.82) is 0 Å². The van der Waals surface area contributed by atoms with Crippen molar-refractivity contribution in [3.63, 3.8) is 0 Å². The number of carbonyl (C=O) groups is 1. The van der Waals surface area contributed by atoms with Gasteiger partial charge in [0.05, 0.1) is 16.9 Å². The molecule has 0 N–H and O–H groups in total. The lowest BCUT2D eigenvalue weighted by Gasteiger charge is -2.24. The number of hydrogen-bond acceptors (Lipinski definition) is 4. The number of aromatic nitrogens is 1. The molecule has 0 unspecified atom stereocenters. The normalized spacial score (nSPS) is 18.2. The van der Waals surface area contributed by atoms with E-state index in [9.17, 15) is 18.0 Å². The van der Waals surface area contributed by atoms with Gasteiger partial charge >= 0.3 is 6.18 Å². The zero-order valence-electron chi connectivity index (χ0n) is 12.8. The fourth-order valence-corrected chi connectivity index (χ4v) is 3.01. The fraction of sp³-hybridized carbons (Fsp3) is 0.600. The highest BCUT2D eigenvalue weighted by molar-refractivity contribution is 7.99. The number of thioether (sulfide) groups is 1. The molecule has 1 saturated heterocycles. The van der Waals surface area contributed by atoms with E-state index in [-0.39, 0.29) is 17.0 Å². The van der Waals surface area contributed by atoms with Gasteiger partial charge in [-0.1, -0.05) is 11.8 Å². The summed E-state index contributed by atoms with van der Waals surface area (Å²) in [5, 5.41) is 0.196. The maximum Gasteiger partial charge on any atom is 0.398 e. The molecular weight excluding hydrogens is 329 g/mol. The Labute approximate surface area is 137 Å². The van der Waals surface area contributed by atoms with Gasteiger partial charge in [0, 0.05) is 31.5 Å². The first-order chi connectivity index (χ1) is 10.9. The summed E-state index contributed by atoms with van der Waals surface area (Å²) in [6, 6.07) is 2.94. The van der Waals surface area contributed by atoms with Gasteiger partial charge in [0.15, 0.2) is 0 Å². The summed E-state index contributed by atoms with van der Waals surface area (Å²) < 4.78 is 42.4. The minimum absolute atomic E-state index is 0.0415. The molecule has 1 aliphatic heterocycles.